The van der Waals surface area contributed by atoms with E-state index in [1.807, 2.05) is 13.8 Å². The molecule has 0 aliphatic heterocycles. The summed E-state index contributed by atoms with van der Waals surface area (Å²) in [5.74, 6) is -0.869. The molecule has 0 fully saturated rings. The van der Waals surface area contributed by atoms with E-state index in [4.69, 9.17) is 10.5 Å². The fraction of sp³-hybridized carbons (Fsp3) is 0.562. The van der Waals surface area contributed by atoms with Crippen molar-refractivity contribution in [3.8, 4) is 5.75 Å². The van der Waals surface area contributed by atoms with Gasteiger partial charge in [-0.2, -0.15) is 13.2 Å². The summed E-state index contributed by atoms with van der Waals surface area (Å²) in [5, 5.41) is 2.63. The molecule has 24 heavy (non-hydrogen) atoms. The summed E-state index contributed by atoms with van der Waals surface area (Å²) < 4.78 is 43.9. The van der Waals surface area contributed by atoms with Crippen molar-refractivity contribution in [3.05, 3.63) is 29.8 Å². The van der Waals surface area contributed by atoms with Gasteiger partial charge in [-0.15, -0.1) is 12.4 Å². The van der Waals surface area contributed by atoms with Crippen LogP contribution < -0.4 is 15.8 Å². The molecule has 4 nitrogen and oxygen atoms in total. The predicted octanol–water partition coefficient (Wildman–Crippen LogP) is 3.53. The number of nitrogens with two attached hydrogens (primary N) is 1. The summed E-state index contributed by atoms with van der Waals surface area (Å²) in [5.41, 5.74) is 4.64. The van der Waals surface area contributed by atoms with Gasteiger partial charge in [-0.1, -0.05) is 26.0 Å². The number of hydrogen-bond acceptors (Lipinski definition) is 3. The molecule has 8 heteroatoms. The first kappa shape index (κ1) is 22.5. The molecule has 1 unspecified atom stereocenters. The highest BCUT2D eigenvalue weighted by atomic mass is 35.5. The maximum absolute atomic E-state index is 12.9. The first-order valence-electron chi connectivity index (χ1n) is 7.52. The summed E-state index contributed by atoms with van der Waals surface area (Å²) in [7, 11) is 0. The SMILES string of the molecule is CCC(N)(CC)CNC(=O)C(C)Oc1ccccc1C(F)(F)F.Cl. The van der Waals surface area contributed by atoms with Gasteiger partial charge >= 0.3 is 6.18 Å². The van der Waals surface area contributed by atoms with E-state index >= 15 is 0 Å². The molecular formula is C16H24ClF3N2O2. The van der Waals surface area contributed by atoms with Crippen molar-refractivity contribution in [2.45, 2.75) is 51.4 Å². The van der Waals surface area contributed by atoms with E-state index < -0.39 is 29.3 Å². The van der Waals surface area contributed by atoms with Gasteiger partial charge < -0.3 is 15.8 Å². The minimum Gasteiger partial charge on any atom is -0.480 e. The minimum atomic E-state index is -4.54. The van der Waals surface area contributed by atoms with Gasteiger partial charge in [0.15, 0.2) is 6.10 Å². The Balaban J connectivity index is 0.00000529. The third kappa shape index (κ3) is 6.20. The Kier molecular flexibility index (Phi) is 8.57. The lowest BCUT2D eigenvalue weighted by Crippen LogP contribution is -2.51. The molecule has 0 saturated carbocycles. The Morgan fingerprint density at radius 3 is 2.29 bits per heavy atom. The van der Waals surface area contributed by atoms with Crippen LogP contribution >= 0.6 is 12.4 Å². The van der Waals surface area contributed by atoms with Gasteiger partial charge in [-0.3, -0.25) is 4.79 Å². The molecule has 1 aromatic carbocycles. The number of halogens is 4. The van der Waals surface area contributed by atoms with Crippen LogP contribution in [0.25, 0.3) is 0 Å². The van der Waals surface area contributed by atoms with Gasteiger partial charge in [0.2, 0.25) is 0 Å². The maximum atomic E-state index is 12.9. The highest BCUT2D eigenvalue weighted by Crippen LogP contribution is 2.36. The Hall–Kier alpha value is -1.47. The lowest BCUT2D eigenvalue weighted by molar-refractivity contribution is -0.140. The van der Waals surface area contributed by atoms with Gasteiger partial charge in [-0.25, -0.2) is 0 Å². The van der Waals surface area contributed by atoms with Gasteiger partial charge in [-0.05, 0) is 31.9 Å². The van der Waals surface area contributed by atoms with E-state index in [0.29, 0.717) is 12.8 Å². The molecule has 0 aromatic heterocycles. The molecule has 0 radical (unpaired) electrons. The van der Waals surface area contributed by atoms with Crippen molar-refractivity contribution in [1.29, 1.82) is 0 Å². The number of ether oxygens (including phenoxy) is 1. The van der Waals surface area contributed by atoms with E-state index in [2.05, 4.69) is 5.32 Å². The molecular weight excluding hydrogens is 345 g/mol. The van der Waals surface area contributed by atoms with Crippen molar-refractivity contribution in [2.24, 2.45) is 5.73 Å². The Labute approximate surface area is 146 Å². The van der Waals surface area contributed by atoms with Crippen LogP contribution in [0.2, 0.25) is 0 Å². The van der Waals surface area contributed by atoms with Crippen LogP contribution in [0.3, 0.4) is 0 Å². The van der Waals surface area contributed by atoms with Crippen molar-refractivity contribution < 1.29 is 22.7 Å². The number of para-hydroxylation sites is 1. The predicted molar refractivity (Wildman–Crippen MR) is 89.3 cm³/mol. The molecule has 1 aromatic rings. The van der Waals surface area contributed by atoms with Crippen LogP contribution in [-0.2, 0) is 11.0 Å². The fourth-order valence-electron chi connectivity index (χ4n) is 1.95. The van der Waals surface area contributed by atoms with Crippen molar-refractivity contribution >= 4 is 18.3 Å². The molecule has 0 spiro atoms. The first-order valence-corrected chi connectivity index (χ1v) is 7.52. The lowest BCUT2D eigenvalue weighted by atomic mass is 9.94. The van der Waals surface area contributed by atoms with Gasteiger partial charge in [0, 0.05) is 12.1 Å². The normalized spacial score (nSPS) is 13.0. The van der Waals surface area contributed by atoms with E-state index in [-0.39, 0.29) is 24.7 Å². The van der Waals surface area contributed by atoms with Crippen LogP contribution in [0.1, 0.15) is 39.2 Å². The number of carbonyl (C=O) groups is 1. The Morgan fingerprint density at radius 1 is 1.25 bits per heavy atom. The summed E-state index contributed by atoms with van der Waals surface area (Å²) in [6.07, 6.45) is -4.24. The standard InChI is InChI=1S/C16H23F3N2O2.ClH/c1-4-15(20,5-2)10-21-14(22)11(3)23-13-9-7-6-8-12(13)16(17,18)19;/h6-9,11H,4-5,10,20H2,1-3H3,(H,21,22);1H. The number of benzene rings is 1. The third-order valence-electron chi connectivity index (χ3n) is 3.89. The Morgan fingerprint density at radius 2 is 1.79 bits per heavy atom. The second-order valence-corrected chi connectivity index (χ2v) is 5.54. The third-order valence-corrected chi connectivity index (χ3v) is 3.89. The fourth-order valence-corrected chi connectivity index (χ4v) is 1.95. The van der Waals surface area contributed by atoms with Crippen LogP contribution in [-0.4, -0.2) is 24.1 Å². The molecule has 0 saturated heterocycles. The average Bonchev–Trinajstić information content (AvgIpc) is 2.51. The number of carbonyl (C=O) groups excluding carboxylic acids is 1. The quantitative estimate of drug-likeness (QED) is 0.773. The zero-order chi connectivity index (χ0) is 17.7. The molecule has 1 rings (SSSR count). The zero-order valence-electron chi connectivity index (χ0n) is 13.9. The van der Waals surface area contributed by atoms with E-state index in [9.17, 15) is 18.0 Å². The van der Waals surface area contributed by atoms with Crippen LogP contribution in [0.5, 0.6) is 5.75 Å². The van der Waals surface area contributed by atoms with Crippen molar-refractivity contribution in [1.82, 2.24) is 5.32 Å². The number of nitrogens with one attached hydrogen (secondary N) is 1. The molecule has 0 aliphatic rings. The van der Waals surface area contributed by atoms with E-state index in [1.54, 1.807) is 0 Å². The van der Waals surface area contributed by atoms with Crippen molar-refractivity contribution in [2.75, 3.05) is 6.54 Å². The second-order valence-electron chi connectivity index (χ2n) is 5.54. The minimum absolute atomic E-state index is 0. The second kappa shape index (κ2) is 9.13. The number of amides is 1. The first-order chi connectivity index (χ1) is 10.6. The van der Waals surface area contributed by atoms with E-state index in [1.165, 1.54) is 25.1 Å². The monoisotopic (exact) mass is 368 g/mol. The lowest BCUT2D eigenvalue weighted by Gasteiger charge is -2.27. The Bertz CT molecular complexity index is 534. The molecule has 0 heterocycles. The molecule has 1 amide bonds. The van der Waals surface area contributed by atoms with Crippen molar-refractivity contribution in [3.63, 3.8) is 0 Å². The molecule has 0 bridgehead atoms. The summed E-state index contributed by atoms with van der Waals surface area (Å²) >= 11 is 0. The zero-order valence-corrected chi connectivity index (χ0v) is 14.8. The molecule has 0 aliphatic carbocycles. The van der Waals surface area contributed by atoms with Crippen LogP contribution in [0.15, 0.2) is 24.3 Å². The molecule has 138 valence electrons. The average molecular weight is 369 g/mol. The summed E-state index contributed by atoms with van der Waals surface area (Å²) in [6.45, 7) is 5.47. The number of alkyl halides is 3. The van der Waals surface area contributed by atoms with Gasteiger partial charge in [0.05, 0.1) is 5.56 Å². The largest absolute Gasteiger partial charge is 0.480 e. The number of rotatable bonds is 7. The van der Waals surface area contributed by atoms with Crippen LogP contribution in [0.4, 0.5) is 13.2 Å². The maximum Gasteiger partial charge on any atom is 0.419 e. The van der Waals surface area contributed by atoms with Crippen LogP contribution in [0, 0.1) is 0 Å². The summed E-state index contributed by atoms with van der Waals surface area (Å²) in [4.78, 5) is 12.0. The van der Waals surface area contributed by atoms with E-state index in [0.717, 1.165) is 6.07 Å². The smallest absolute Gasteiger partial charge is 0.419 e. The van der Waals surface area contributed by atoms with Gasteiger partial charge in [0.1, 0.15) is 5.75 Å². The number of hydrogen-bond donors (Lipinski definition) is 2. The molecule has 1 atom stereocenters. The highest BCUT2D eigenvalue weighted by Gasteiger charge is 2.35. The highest BCUT2D eigenvalue weighted by molar-refractivity contribution is 5.85. The molecule has 3 N–H and O–H groups in total. The van der Waals surface area contributed by atoms with Gasteiger partial charge in [0.25, 0.3) is 5.91 Å². The summed E-state index contributed by atoms with van der Waals surface area (Å²) in [6, 6.07) is 4.80. The topological polar surface area (TPSA) is 64.3 Å².